The maximum atomic E-state index is 12.0. The topological polar surface area (TPSA) is 51.8 Å². The van der Waals surface area contributed by atoms with E-state index in [0.717, 1.165) is 15.6 Å². The van der Waals surface area contributed by atoms with Crippen LogP contribution in [0.25, 0.3) is 17.4 Å². The highest BCUT2D eigenvalue weighted by Crippen LogP contribution is 2.30. The lowest BCUT2D eigenvalue weighted by atomic mass is 10.0. The minimum absolute atomic E-state index is 0.374. The van der Waals surface area contributed by atoms with E-state index in [1.807, 2.05) is 66.7 Å². The molecule has 0 aliphatic carbocycles. The Kier molecular flexibility index (Phi) is 4.07. The molecule has 122 valence electrons. The summed E-state index contributed by atoms with van der Waals surface area (Å²) in [7, 11) is 0. The Hall–Kier alpha value is -2.92. The monoisotopic (exact) mass is 393 g/mol. The fourth-order valence-corrected chi connectivity index (χ4v) is 3.07. The maximum Gasteiger partial charge on any atom is 0.368 e. The van der Waals surface area contributed by atoms with Gasteiger partial charge in [0, 0.05) is 15.6 Å². The quantitative estimate of drug-likeness (QED) is 0.461. The number of rotatable bonds is 3. The summed E-state index contributed by atoms with van der Waals surface area (Å²) in [4.78, 5) is 16.9. The molecule has 0 unspecified atom stereocenters. The van der Waals surface area contributed by atoms with Crippen LogP contribution in [0.15, 0.2) is 86.3 Å². The third-order valence-electron chi connectivity index (χ3n) is 3.79. The van der Waals surface area contributed by atoms with Crippen molar-refractivity contribution < 1.29 is 14.0 Å². The highest BCUT2D eigenvalue weighted by molar-refractivity contribution is 9.10. The predicted octanol–water partition coefficient (Wildman–Crippen LogP) is 5.05. The van der Waals surface area contributed by atoms with E-state index in [0.29, 0.717) is 22.8 Å². The molecule has 25 heavy (non-hydrogen) atoms. The lowest BCUT2D eigenvalue weighted by Crippen LogP contribution is -2.06. The van der Waals surface area contributed by atoms with Crippen LogP contribution < -0.4 is 0 Å². The molecular formula is C20H12BrNO3. The van der Waals surface area contributed by atoms with Gasteiger partial charge < -0.3 is 9.25 Å². The number of furan rings is 1. The third-order valence-corrected chi connectivity index (χ3v) is 4.49. The first-order valence-corrected chi connectivity index (χ1v) is 8.43. The van der Waals surface area contributed by atoms with Gasteiger partial charge in [-0.2, -0.15) is 0 Å². The van der Waals surface area contributed by atoms with Crippen LogP contribution >= 0.6 is 15.9 Å². The van der Waals surface area contributed by atoms with E-state index in [4.69, 9.17) is 9.25 Å². The number of halogens is 1. The van der Waals surface area contributed by atoms with Crippen molar-refractivity contribution in [2.24, 2.45) is 5.16 Å². The first-order chi connectivity index (χ1) is 12.2. The average Bonchev–Trinajstić information content (AvgIpc) is 3.24. The molecule has 0 spiro atoms. The maximum absolute atomic E-state index is 12.0. The summed E-state index contributed by atoms with van der Waals surface area (Å²) >= 11 is 3.51. The van der Waals surface area contributed by atoms with Gasteiger partial charge in [0.25, 0.3) is 0 Å². The number of carbonyl (C=O) groups excluding carboxylic acids is 1. The molecule has 4 nitrogen and oxygen atoms in total. The van der Waals surface area contributed by atoms with Gasteiger partial charge in [0.05, 0.1) is 5.57 Å². The molecule has 0 radical (unpaired) electrons. The second-order valence-corrected chi connectivity index (χ2v) is 6.28. The third kappa shape index (κ3) is 3.06. The molecule has 1 aromatic heterocycles. The number of carbonyl (C=O) groups is 1. The zero-order chi connectivity index (χ0) is 17.2. The minimum atomic E-state index is -0.488. The summed E-state index contributed by atoms with van der Waals surface area (Å²) < 4.78 is 6.82. The van der Waals surface area contributed by atoms with E-state index < -0.39 is 5.97 Å². The minimum Gasteiger partial charge on any atom is -0.457 e. The zero-order valence-electron chi connectivity index (χ0n) is 13.0. The van der Waals surface area contributed by atoms with Gasteiger partial charge in [-0.3, -0.25) is 0 Å². The Morgan fingerprint density at radius 3 is 2.48 bits per heavy atom. The fourth-order valence-electron chi connectivity index (χ4n) is 2.59. The molecule has 0 saturated heterocycles. The van der Waals surface area contributed by atoms with Crippen LogP contribution in [-0.2, 0) is 9.63 Å². The van der Waals surface area contributed by atoms with Crippen molar-refractivity contribution in [3.8, 4) is 11.3 Å². The summed E-state index contributed by atoms with van der Waals surface area (Å²) in [5.41, 5.74) is 2.64. The Morgan fingerprint density at radius 1 is 0.920 bits per heavy atom. The number of nitrogens with zero attached hydrogens (tertiary/aromatic N) is 1. The molecule has 0 amide bonds. The van der Waals surface area contributed by atoms with Crippen molar-refractivity contribution in [1.82, 2.24) is 0 Å². The first kappa shape index (κ1) is 15.6. The van der Waals surface area contributed by atoms with Crippen LogP contribution in [0.3, 0.4) is 0 Å². The van der Waals surface area contributed by atoms with E-state index in [1.165, 1.54) is 0 Å². The van der Waals surface area contributed by atoms with Crippen molar-refractivity contribution in [3.05, 3.63) is 88.1 Å². The van der Waals surface area contributed by atoms with Gasteiger partial charge >= 0.3 is 5.97 Å². The van der Waals surface area contributed by atoms with E-state index in [2.05, 4.69) is 21.1 Å². The summed E-state index contributed by atoms with van der Waals surface area (Å²) in [6.07, 6.45) is 1.65. The summed E-state index contributed by atoms with van der Waals surface area (Å²) in [5.74, 6) is 0.782. The van der Waals surface area contributed by atoms with E-state index in [-0.39, 0.29) is 0 Å². The molecule has 4 rings (SSSR count). The van der Waals surface area contributed by atoms with Gasteiger partial charge in [-0.1, -0.05) is 69.6 Å². The van der Waals surface area contributed by atoms with Crippen molar-refractivity contribution in [1.29, 1.82) is 0 Å². The molecule has 1 aliphatic heterocycles. The number of oxime groups is 1. The van der Waals surface area contributed by atoms with Crippen molar-refractivity contribution >= 4 is 33.7 Å². The summed E-state index contributed by atoms with van der Waals surface area (Å²) in [6.45, 7) is 0. The van der Waals surface area contributed by atoms with E-state index in [9.17, 15) is 4.79 Å². The standard InChI is InChI=1S/C20H12BrNO3/c21-17-9-5-4-8-15(17)18-11-10-14(24-18)12-16-19(22-25-20(16)23)13-6-2-1-3-7-13/h1-12H. The van der Waals surface area contributed by atoms with Crippen LogP contribution in [0.5, 0.6) is 0 Å². The number of hydrogen-bond acceptors (Lipinski definition) is 4. The molecule has 0 fully saturated rings. The molecule has 3 aromatic rings. The summed E-state index contributed by atoms with van der Waals surface area (Å²) in [5, 5.41) is 3.89. The molecule has 0 atom stereocenters. The molecule has 5 heteroatoms. The molecule has 0 saturated carbocycles. The largest absolute Gasteiger partial charge is 0.457 e. The van der Waals surface area contributed by atoms with Gasteiger partial charge in [0.1, 0.15) is 17.2 Å². The molecule has 2 aromatic carbocycles. The van der Waals surface area contributed by atoms with Gasteiger partial charge in [-0.25, -0.2) is 4.79 Å². The van der Waals surface area contributed by atoms with Crippen molar-refractivity contribution in [2.75, 3.05) is 0 Å². The highest BCUT2D eigenvalue weighted by Gasteiger charge is 2.27. The highest BCUT2D eigenvalue weighted by atomic mass is 79.9. The van der Waals surface area contributed by atoms with Gasteiger partial charge in [-0.15, -0.1) is 0 Å². The Bertz CT molecular complexity index is 1000. The van der Waals surface area contributed by atoms with Crippen molar-refractivity contribution in [2.45, 2.75) is 0 Å². The average molecular weight is 394 g/mol. The van der Waals surface area contributed by atoms with E-state index >= 15 is 0 Å². The zero-order valence-corrected chi connectivity index (χ0v) is 14.6. The smallest absolute Gasteiger partial charge is 0.368 e. The Morgan fingerprint density at radius 2 is 1.68 bits per heavy atom. The predicted molar refractivity (Wildman–Crippen MR) is 98.9 cm³/mol. The first-order valence-electron chi connectivity index (χ1n) is 7.64. The van der Waals surface area contributed by atoms with Crippen LogP contribution in [0, 0.1) is 0 Å². The molecule has 1 aliphatic rings. The second kappa shape index (κ2) is 6.53. The van der Waals surface area contributed by atoms with Crippen LogP contribution in [0.2, 0.25) is 0 Å². The molecule has 0 bridgehead atoms. The normalized spacial score (nSPS) is 15.3. The fraction of sp³-hybridized carbons (Fsp3) is 0. The molecule has 2 heterocycles. The van der Waals surface area contributed by atoms with Gasteiger partial charge in [0.15, 0.2) is 0 Å². The lowest BCUT2D eigenvalue weighted by molar-refractivity contribution is -0.136. The molecular weight excluding hydrogens is 382 g/mol. The van der Waals surface area contributed by atoms with Crippen LogP contribution in [0.1, 0.15) is 11.3 Å². The molecule has 0 N–H and O–H groups in total. The van der Waals surface area contributed by atoms with E-state index in [1.54, 1.807) is 6.08 Å². The van der Waals surface area contributed by atoms with Crippen LogP contribution in [0.4, 0.5) is 0 Å². The Balaban J connectivity index is 1.70. The van der Waals surface area contributed by atoms with Crippen molar-refractivity contribution in [3.63, 3.8) is 0 Å². The summed E-state index contributed by atoms with van der Waals surface area (Å²) in [6, 6.07) is 20.9. The van der Waals surface area contributed by atoms with Gasteiger partial charge in [0.2, 0.25) is 0 Å². The van der Waals surface area contributed by atoms with Crippen LogP contribution in [-0.4, -0.2) is 11.7 Å². The second-order valence-electron chi connectivity index (χ2n) is 5.42. The Labute approximate surface area is 152 Å². The number of benzene rings is 2. The SMILES string of the molecule is O=C1ON=C(c2ccccc2)C1=Cc1ccc(-c2ccccc2Br)o1. The van der Waals surface area contributed by atoms with Gasteiger partial charge in [-0.05, 0) is 24.3 Å². The lowest BCUT2D eigenvalue weighted by Gasteiger charge is -2.00. The number of hydrogen-bond donors (Lipinski definition) is 0.